The van der Waals surface area contributed by atoms with Crippen molar-refractivity contribution in [2.24, 2.45) is 0 Å². The highest BCUT2D eigenvalue weighted by molar-refractivity contribution is 4.98. The SMILES string of the molecule is C=C(F)C(F)(F)OC(F)(C(F)(F)F)C(F)(F)OC(F)(C(F)(F)F)C(F)(F)OCF. The van der Waals surface area contributed by atoms with E-state index in [-0.39, 0.29) is 0 Å². The molecule has 2 unspecified atom stereocenters. The predicted octanol–water partition coefficient (Wildman–Crippen LogP) is 5.68. The molecule has 0 aliphatic rings. The van der Waals surface area contributed by atoms with Gasteiger partial charge in [0, 0.05) is 0 Å². The summed E-state index contributed by atoms with van der Waals surface area (Å²) in [5, 5.41) is 0. The van der Waals surface area contributed by atoms with Gasteiger partial charge in [0.2, 0.25) is 0 Å². The minimum Gasteiger partial charge on any atom is -0.284 e. The van der Waals surface area contributed by atoms with E-state index in [1.54, 1.807) is 16.1 Å². The molecular weight excluding hydrogens is 472 g/mol. The first-order chi connectivity index (χ1) is 12.4. The van der Waals surface area contributed by atoms with Crippen molar-refractivity contribution in [1.29, 1.82) is 0 Å². The number of halogens is 16. The summed E-state index contributed by atoms with van der Waals surface area (Å²) in [6.45, 7) is -1.53. The summed E-state index contributed by atoms with van der Waals surface area (Å²) < 4.78 is 210. The van der Waals surface area contributed by atoms with Crippen LogP contribution in [-0.2, 0) is 14.2 Å². The summed E-state index contributed by atoms with van der Waals surface area (Å²) in [5.74, 6) is -18.5. The molecule has 2 atom stereocenters. The van der Waals surface area contributed by atoms with Crippen LogP contribution in [0.25, 0.3) is 0 Å². The Morgan fingerprint density at radius 3 is 1.24 bits per heavy atom. The van der Waals surface area contributed by atoms with Gasteiger partial charge in [0.25, 0.3) is 0 Å². The fourth-order valence-corrected chi connectivity index (χ4v) is 1.20. The van der Waals surface area contributed by atoms with Crippen molar-refractivity contribution in [3.8, 4) is 0 Å². The number of hydrogen-bond acceptors (Lipinski definition) is 3. The van der Waals surface area contributed by atoms with Gasteiger partial charge in [-0.25, -0.2) is 8.78 Å². The highest BCUT2D eigenvalue weighted by Crippen LogP contribution is 2.56. The second-order valence-corrected chi connectivity index (χ2v) is 4.60. The molecule has 0 spiro atoms. The Morgan fingerprint density at radius 1 is 0.621 bits per heavy atom. The van der Waals surface area contributed by atoms with Gasteiger partial charge in [0.05, 0.1) is 0 Å². The third kappa shape index (κ3) is 4.98. The molecule has 0 radical (unpaired) electrons. The average Bonchev–Trinajstić information content (AvgIpc) is 2.43. The number of rotatable bonds is 9. The number of alkyl halides is 15. The Labute approximate surface area is 147 Å². The van der Waals surface area contributed by atoms with Gasteiger partial charge in [0.1, 0.15) is 0 Å². The zero-order valence-corrected chi connectivity index (χ0v) is 12.7. The van der Waals surface area contributed by atoms with Crippen LogP contribution in [-0.4, -0.2) is 49.2 Å². The van der Waals surface area contributed by atoms with Gasteiger partial charge < -0.3 is 0 Å². The highest BCUT2D eigenvalue weighted by atomic mass is 19.4. The van der Waals surface area contributed by atoms with Gasteiger partial charge >= 0.3 is 42.4 Å². The van der Waals surface area contributed by atoms with Crippen LogP contribution < -0.4 is 0 Å². The molecule has 0 N–H and O–H groups in total. The van der Waals surface area contributed by atoms with Crippen molar-refractivity contribution < 1.29 is 84.5 Å². The van der Waals surface area contributed by atoms with Gasteiger partial charge in [-0.15, -0.1) is 0 Å². The van der Waals surface area contributed by atoms with Gasteiger partial charge in [0.15, 0.2) is 12.7 Å². The summed E-state index contributed by atoms with van der Waals surface area (Å²) in [5.41, 5.74) is 0. The van der Waals surface area contributed by atoms with Crippen molar-refractivity contribution in [3.63, 3.8) is 0 Å². The molecule has 0 fully saturated rings. The highest BCUT2D eigenvalue weighted by Gasteiger charge is 2.84. The molecule has 0 aromatic heterocycles. The largest absolute Gasteiger partial charge is 0.458 e. The second kappa shape index (κ2) is 7.64. The lowest BCUT2D eigenvalue weighted by Crippen LogP contribution is -2.68. The topological polar surface area (TPSA) is 27.7 Å². The zero-order chi connectivity index (χ0) is 23.9. The molecule has 0 aliphatic heterocycles. The van der Waals surface area contributed by atoms with Crippen LogP contribution in [0, 0.1) is 0 Å². The third-order valence-corrected chi connectivity index (χ3v) is 2.57. The molecule has 0 rings (SSSR count). The van der Waals surface area contributed by atoms with Crippen LogP contribution in [0.2, 0.25) is 0 Å². The molecule has 174 valence electrons. The molecule has 0 heterocycles. The van der Waals surface area contributed by atoms with Crippen LogP contribution in [0.3, 0.4) is 0 Å². The summed E-state index contributed by atoms with van der Waals surface area (Å²) in [4.78, 5) is 0. The quantitative estimate of drug-likeness (QED) is 0.401. The van der Waals surface area contributed by atoms with E-state index in [1.165, 1.54) is 0 Å². The van der Waals surface area contributed by atoms with Gasteiger partial charge in [-0.1, -0.05) is 6.58 Å². The summed E-state index contributed by atoms with van der Waals surface area (Å²) >= 11 is 0. The molecular formula is C10H4F16O3. The molecule has 0 aromatic rings. The van der Waals surface area contributed by atoms with E-state index in [9.17, 15) is 70.2 Å². The fraction of sp³-hybridized carbons (Fsp3) is 0.800. The fourth-order valence-electron chi connectivity index (χ4n) is 1.20. The van der Waals surface area contributed by atoms with Crippen LogP contribution in [0.5, 0.6) is 0 Å². The van der Waals surface area contributed by atoms with Gasteiger partial charge in [-0.05, 0) is 0 Å². The minimum atomic E-state index is -7.75. The van der Waals surface area contributed by atoms with Crippen molar-refractivity contribution in [3.05, 3.63) is 12.4 Å². The maximum atomic E-state index is 13.6. The summed E-state index contributed by atoms with van der Waals surface area (Å²) in [6.07, 6.45) is -36.2. The van der Waals surface area contributed by atoms with Crippen molar-refractivity contribution in [2.75, 3.05) is 6.86 Å². The monoisotopic (exact) mass is 476 g/mol. The molecule has 0 aliphatic carbocycles. The average molecular weight is 476 g/mol. The maximum Gasteiger partial charge on any atom is 0.458 e. The standard InChI is InChI=1S/C10H4F16O3/c1-3(12)4(13,14)28-6(16,8(20,21)22)10(25,26)29-5(15,7(17,18)19)9(23,24)27-2-11/h1-2H2. The Morgan fingerprint density at radius 2 is 0.966 bits per heavy atom. The molecule has 29 heavy (non-hydrogen) atoms. The predicted molar refractivity (Wildman–Crippen MR) is 54.1 cm³/mol. The minimum absolute atomic E-state index is 1.55. The van der Waals surface area contributed by atoms with Crippen LogP contribution in [0.1, 0.15) is 0 Å². The summed E-state index contributed by atoms with van der Waals surface area (Å²) in [6, 6.07) is 0. The number of ether oxygens (including phenoxy) is 3. The normalized spacial score (nSPS) is 18.9. The molecule has 3 nitrogen and oxygen atoms in total. The van der Waals surface area contributed by atoms with Crippen LogP contribution in [0.4, 0.5) is 70.2 Å². The van der Waals surface area contributed by atoms with E-state index in [0.29, 0.717) is 0 Å². The maximum absolute atomic E-state index is 13.6. The first kappa shape index (κ1) is 27.5. The van der Waals surface area contributed by atoms with Crippen molar-refractivity contribution >= 4 is 0 Å². The van der Waals surface area contributed by atoms with E-state index in [4.69, 9.17) is 0 Å². The van der Waals surface area contributed by atoms with E-state index in [1.807, 2.05) is 0 Å². The lowest BCUT2D eigenvalue weighted by Gasteiger charge is -2.40. The van der Waals surface area contributed by atoms with Crippen LogP contribution >= 0.6 is 0 Å². The summed E-state index contributed by atoms with van der Waals surface area (Å²) in [7, 11) is 0. The first-order valence-electron chi connectivity index (χ1n) is 6.01. The van der Waals surface area contributed by atoms with Gasteiger partial charge in [-0.2, -0.15) is 61.5 Å². The lowest BCUT2D eigenvalue weighted by molar-refractivity contribution is -0.558. The number of hydrogen-bond donors (Lipinski definition) is 0. The lowest BCUT2D eigenvalue weighted by atomic mass is 10.2. The smallest absolute Gasteiger partial charge is 0.284 e. The van der Waals surface area contributed by atoms with Crippen LogP contribution in [0.15, 0.2) is 12.4 Å². The van der Waals surface area contributed by atoms with Crippen molar-refractivity contribution in [1.82, 2.24) is 0 Å². The molecule has 0 bridgehead atoms. The molecule has 0 saturated carbocycles. The third-order valence-electron chi connectivity index (χ3n) is 2.57. The second-order valence-electron chi connectivity index (χ2n) is 4.60. The molecule has 0 aromatic carbocycles. The van der Waals surface area contributed by atoms with E-state index in [2.05, 4.69) is 4.74 Å². The first-order valence-corrected chi connectivity index (χ1v) is 6.01. The Bertz CT molecular complexity index is 597. The molecule has 0 amide bonds. The molecule has 19 heteroatoms. The Hall–Kier alpha value is -1.50. The molecule has 0 saturated heterocycles. The van der Waals surface area contributed by atoms with E-state index >= 15 is 0 Å². The Kier molecular flexibility index (Phi) is 7.24. The van der Waals surface area contributed by atoms with Gasteiger partial charge in [-0.3, -0.25) is 14.2 Å². The zero-order valence-electron chi connectivity index (χ0n) is 12.7. The Balaban J connectivity index is 6.59. The van der Waals surface area contributed by atoms with E-state index < -0.39 is 55.1 Å². The van der Waals surface area contributed by atoms with E-state index in [0.717, 1.165) is 0 Å². The van der Waals surface area contributed by atoms with Crippen molar-refractivity contribution in [2.45, 2.75) is 42.4 Å².